The highest BCUT2D eigenvalue weighted by Gasteiger charge is 2.12. The predicted molar refractivity (Wildman–Crippen MR) is 131 cm³/mol. The molecule has 1 amide bonds. The first-order valence-corrected chi connectivity index (χ1v) is 12.2. The molecule has 0 aliphatic heterocycles. The predicted octanol–water partition coefficient (Wildman–Crippen LogP) is 4.73. The number of halogens is 1. The molecule has 0 fully saturated rings. The van der Waals surface area contributed by atoms with Gasteiger partial charge >= 0.3 is 0 Å². The molecule has 1 aromatic carbocycles. The fourth-order valence-corrected chi connectivity index (χ4v) is 4.19. The number of benzene rings is 1. The lowest BCUT2D eigenvalue weighted by Crippen LogP contribution is -2.33. The molecule has 0 saturated heterocycles. The van der Waals surface area contributed by atoms with Gasteiger partial charge in [-0.2, -0.15) is 0 Å². The average molecular weight is 464 g/mol. The molecule has 8 heteroatoms. The van der Waals surface area contributed by atoms with E-state index in [0.29, 0.717) is 21.6 Å². The number of carbonyl (C=O) groups excluding carboxylic acids is 1. The maximum absolute atomic E-state index is 12.7. The van der Waals surface area contributed by atoms with Gasteiger partial charge in [-0.05, 0) is 57.1 Å². The van der Waals surface area contributed by atoms with Gasteiger partial charge in [-0.15, -0.1) is 0 Å². The van der Waals surface area contributed by atoms with Crippen molar-refractivity contribution >= 4 is 35.1 Å². The van der Waals surface area contributed by atoms with Gasteiger partial charge in [0.15, 0.2) is 5.16 Å². The minimum atomic E-state index is -0.0314. The van der Waals surface area contributed by atoms with Crippen molar-refractivity contribution in [1.82, 2.24) is 20.2 Å². The van der Waals surface area contributed by atoms with Crippen LogP contribution >= 0.6 is 23.4 Å². The topological polar surface area (TPSA) is 61.4 Å². The van der Waals surface area contributed by atoms with Crippen molar-refractivity contribution in [3.8, 4) is 0 Å². The van der Waals surface area contributed by atoms with Crippen molar-refractivity contribution in [2.24, 2.45) is 0 Å². The Bertz CT molecular complexity index is 844. The van der Waals surface area contributed by atoms with E-state index in [-0.39, 0.29) is 11.9 Å². The highest BCUT2D eigenvalue weighted by Crippen LogP contribution is 2.24. The average Bonchev–Trinajstić information content (AvgIpc) is 2.75. The van der Waals surface area contributed by atoms with Crippen molar-refractivity contribution in [2.45, 2.75) is 50.6 Å². The standard InChI is InChI=1S/C23H34ClN5OS/c1-6-29(7-2)13-9-10-17(3)25-22(30)19-12-8-11-18(14-19)16-31-23-26-20(24)15-21(27-23)28(4)5/h8,11-12,14-15,17H,6-7,9-10,13,16H2,1-5H3,(H,25,30). The third kappa shape index (κ3) is 8.67. The van der Waals surface area contributed by atoms with E-state index in [1.165, 1.54) is 11.8 Å². The largest absolute Gasteiger partial charge is 0.363 e. The summed E-state index contributed by atoms with van der Waals surface area (Å²) in [6.07, 6.45) is 2.05. The highest BCUT2D eigenvalue weighted by molar-refractivity contribution is 7.98. The number of amides is 1. The first kappa shape index (κ1) is 25.4. The number of thioether (sulfide) groups is 1. The third-order valence-corrected chi connectivity index (χ3v) is 6.17. The number of hydrogen-bond donors (Lipinski definition) is 1. The zero-order valence-electron chi connectivity index (χ0n) is 19.2. The lowest BCUT2D eigenvalue weighted by atomic mass is 10.1. The molecule has 170 valence electrons. The summed E-state index contributed by atoms with van der Waals surface area (Å²) < 4.78 is 0. The lowest BCUT2D eigenvalue weighted by molar-refractivity contribution is 0.0937. The van der Waals surface area contributed by atoms with Gasteiger partial charge in [-0.25, -0.2) is 9.97 Å². The fraction of sp³-hybridized carbons (Fsp3) is 0.522. The summed E-state index contributed by atoms with van der Waals surface area (Å²) in [6.45, 7) is 9.64. The second-order valence-corrected chi connectivity index (χ2v) is 9.09. The Morgan fingerprint density at radius 1 is 1.19 bits per heavy atom. The summed E-state index contributed by atoms with van der Waals surface area (Å²) in [6, 6.07) is 9.59. The molecule has 0 radical (unpaired) electrons. The molecule has 1 atom stereocenters. The lowest BCUT2D eigenvalue weighted by Gasteiger charge is -2.20. The summed E-state index contributed by atoms with van der Waals surface area (Å²) in [7, 11) is 3.83. The number of nitrogens with zero attached hydrogens (tertiary/aromatic N) is 4. The van der Waals surface area contributed by atoms with Crippen molar-refractivity contribution in [3.63, 3.8) is 0 Å². The van der Waals surface area contributed by atoms with E-state index in [1.807, 2.05) is 43.3 Å². The molecule has 0 aliphatic carbocycles. The fourth-order valence-electron chi connectivity index (χ4n) is 3.17. The van der Waals surface area contributed by atoms with Gasteiger partial charge in [0.05, 0.1) is 0 Å². The normalized spacial score (nSPS) is 12.1. The third-order valence-electron chi connectivity index (χ3n) is 5.06. The van der Waals surface area contributed by atoms with Crippen molar-refractivity contribution < 1.29 is 4.79 Å². The maximum Gasteiger partial charge on any atom is 0.251 e. The minimum absolute atomic E-state index is 0.0314. The molecule has 6 nitrogen and oxygen atoms in total. The van der Waals surface area contributed by atoms with Crippen LogP contribution in [0.2, 0.25) is 5.15 Å². The zero-order chi connectivity index (χ0) is 22.8. The van der Waals surface area contributed by atoms with Crippen LogP contribution in [0, 0.1) is 0 Å². The number of aromatic nitrogens is 2. The molecule has 2 aromatic rings. The molecular formula is C23H34ClN5OS. The number of nitrogens with one attached hydrogen (secondary N) is 1. The smallest absolute Gasteiger partial charge is 0.251 e. The van der Waals surface area contributed by atoms with E-state index in [2.05, 4.69) is 41.0 Å². The van der Waals surface area contributed by atoms with Crippen LogP contribution in [-0.4, -0.2) is 60.5 Å². The molecule has 1 heterocycles. The van der Waals surface area contributed by atoms with Crippen LogP contribution in [0.3, 0.4) is 0 Å². The molecule has 0 saturated carbocycles. The quantitative estimate of drug-likeness (QED) is 0.279. The highest BCUT2D eigenvalue weighted by atomic mass is 35.5. The molecule has 0 aliphatic rings. The van der Waals surface area contributed by atoms with E-state index in [0.717, 1.165) is 43.9 Å². The van der Waals surface area contributed by atoms with Crippen LogP contribution in [0.25, 0.3) is 0 Å². The SMILES string of the molecule is CCN(CC)CCCC(C)NC(=O)c1cccc(CSc2nc(Cl)cc(N(C)C)n2)c1. The van der Waals surface area contributed by atoms with Gasteiger partial charge in [-0.3, -0.25) is 4.79 Å². The van der Waals surface area contributed by atoms with Gasteiger partial charge in [0.2, 0.25) is 0 Å². The Hall–Kier alpha value is -1.83. The van der Waals surface area contributed by atoms with Gasteiger partial charge in [0.25, 0.3) is 5.91 Å². The van der Waals surface area contributed by atoms with E-state index in [4.69, 9.17) is 11.6 Å². The molecule has 1 aromatic heterocycles. The van der Waals surface area contributed by atoms with Crippen molar-refractivity contribution in [2.75, 3.05) is 38.6 Å². The van der Waals surface area contributed by atoms with E-state index >= 15 is 0 Å². The monoisotopic (exact) mass is 463 g/mol. The Balaban J connectivity index is 1.90. The van der Waals surface area contributed by atoms with Gasteiger partial charge in [-0.1, -0.05) is 49.3 Å². The Morgan fingerprint density at radius 3 is 2.61 bits per heavy atom. The number of rotatable bonds is 12. The van der Waals surface area contributed by atoms with Crippen LogP contribution in [0.1, 0.15) is 49.5 Å². The molecular weight excluding hydrogens is 430 g/mol. The van der Waals surface area contributed by atoms with Crippen LogP contribution in [0.5, 0.6) is 0 Å². The van der Waals surface area contributed by atoms with Crippen molar-refractivity contribution in [3.05, 3.63) is 46.6 Å². The molecule has 1 unspecified atom stereocenters. The summed E-state index contributed by atoms with van der Waals surface area (Å²) in [5, 5.41) is 4.16. The van der Waals surface area contributed by atoms with Crippen LogP contribution in [-0.2, 0) is 5.75 Å². The summed E-state index contributed by atoms with van der Waals surface area (Å²) in [5.41, 5.74) is 1.72. The van der Waals surface area contributed by atoms with Gasteiger partial charge < -0.3 is 15.1 Å². The second kappa shape index (κ2) is 12.9. The van der Waals surface area contributed by atoms with Crippen LogP contribution in [0.15, 0.2) is 35.5 Å². The zero-order valence-corrected chi connectivity index (χ0v) is 20.8. The Morgan fingerprint density at radius 2 is 1.94 bits per heavy atom. The van der Waals surface area contributed by atoms with E-state index in [1.54, 1.807) is 6.07 Å². The molecule has 0 spiro atoms. The Kier molecular flexibility index (Phi) is 10.6. The summed E-state index contributed by atoms with van der Waals surface area (Å²) in [4.78, 5) is 25.8. The number of hydrogen-bond acceptors (Lipinski definition) is 6. The molecule has 31 heavy (non-hydrogen) atoms. The first-order chi connectivity index (χ1) is 14.8. The Labute approximate surface area is 195 Å². The number of carbonyl (C=O) groups is 1. The summed E-state index contributed by atoms with van der Waals surface area (Å²) >= 11 is 7.62. The van der Waals surface area contributed by atoms with Crippen molar-refractivity contribution in [1.29, 1.82) is 0 Å². The maximum atomic E-state index is 12.7. The minimum Gasteiger partial charge on any atom is -0.363 e. The van der Waals surface area contributed by atoms with Crippen LogP contribution in [0.4, 0.5) is 5.82 Å². The molecule has 0 bridgehead atoms. The summed E-state index contributed by atoms with van der Waals surface area (Å²) in [5.74, 6) is 1.40. The second-order valence-electron chi connectivity index (χ2n) is 7.76. The van der Waals surface area contributed by atoms with Gasteiger partial charge in [0.1, 0.15) is 11.0 Å². The van der Waals surface area contributed by atoms with Gasteiger partial charge in [0, 0.05) is 37.5 Å². The first-order valence-electron chi connectivity index (χ1n) is 10.8. The molecule has 2 rings (SSSR count). The van der Waals surface area contributed by atoms with Crippen LogP contribution < -0.4 is 10.2 Å². The van der Waals surface area contributed by atoms with E-state index < -0.39 is 0 Å². The van der Waals surface area contributed by atoms with E-state index in [9.17, 15) is 4.79 Å². The number of anilines is 1. The molecule has 1 N–H and O–H groups in total.